The summed E-state index contributed by atoms with van der Waals surface area (Å²) in [6, 6.07) is 10.4. The van der Waals surface area contributed by atoms with Crippen LogP contribution in [0.15, 0.2) is 47.4 Å². The minimum Gasteiger partial charge on any atom is -0.497 e. The molecule has 0 radical (unpaired) electrons. The van der Waals surface area contributed by atoms with Crippen molar-refractivity contribution in [3.8, 4) is 5.75 Å². The summed E-state index contributed by atoms with van der Waals surface area (Å²) in [7, 11) is -2.54. The van der Waals surface area contributed by atoms with Crippen molar-refractivity contribution >= 4 is 33.4 Å². The van der Waals surface area contributed by atoms with E-state index in [0.29, 0.717) is 24.3 Å². The lowest BCUT2D eigenvalue weighted by Crippen LogP contribution is -2.46. The number of aryl methyl sites for hydroxylation is 2. The lowest BCUT2D eigenvalue weighted by Gasteiger charge is -2.26. The number of carbonyl (C=O) groups excluding carboxylic acids is 3. The third-order valence-electron chi connectivity index (χ3n) is 6.02. The summed E-state index contributed by atoms with van der Waals surface area (Å²) < 4.78 is 35.3. The molecule has 0 aromatic heterocycles. The molecule has 10 heteroatoms. The summed E-state index contributed by atoms with van der Waals surface area (Å²) in [6.07, 6.45) is 1.33. The molecule has 0 aliphatic heterocycles. The highest BCUT2D eigenvalue weighted by Crippen LogP contribution is 2.41. The Morgan fingerprint density at radius 1 is 0.971 bits per heavy atom. The van der Waals surface area contributed by atoms with Crippen LogP contribution in [-0.4, -0.2) is 44.8 Å². The van der Waals surface area contributed by atoms with Gasteiger partial charge in [0.25, 0.3) is 5.91 Å². The van der Waals surface area contributed by atoms with E-state index < -0.39 is 39.1 Å². The van der Waals surface area contributed by atoms with Gasteiger partial charge in [0.2, 0.25) is 0 Å². The molecular formula is C24H28N2O7S. The van der Waals surface area contributed by atoms with E-state index in [1.54, 1.807) is 43.3 Å². The number of nitrogens with one attached hydrogen (secondary N) is 2. The number of urea groups is 1. The molecule has 0 saturated heterocycles. The Bertz CT molecular complexity index is 1180. The van der Waals surface area contributed by atoms with E-state index in [1.165, 1.54) is 13.2 Å². The number of hydrogen-bond donors (Lipinski definition) is 2. The monoisotopic (exact) mass is 488 g/mol. The van der Waals surface area contributed by atoms with E-state index in [1.807, 2.05) is 6.92 Å². The van der Waals surface area contributed by atoms with Gasteiger partial charge in [0.15, 0.2) is 21.2 Å². The third kappa shape index (κ3) is 5.22. The normalized spacial score (nSPS) is 14.8. The van der Waals surface area contributed by atoms with Crippen molar-refractivity contribution < 1.29 is 32.3 Å². The molecule has 0 unspecified atom stereocenters. The second kappa shape index (κ2) is 10.3. The molecule has 3 rings (SSSR count). The summed E-state index contributed by atoms with van der Waals surface area (Å²) in [5.74, 6) is -1.25. The molecule has 0 heterocycles. The molecule has 0 bridgehead atoms. The average Bonchev–Trinajstić information content (AvgIpc) is 3.31. The van der Waals surface area contributed by atoms with Gasteiger partial charge in [0.1, 0.15) is 5.75 Å². The van der Waals surface area contributed by atoms with Gasteiger partial charge in [0.05, 0.1) is 12.0 Å². The van der Waals surface area contributed by atoms with Crippen molar-refractivity contribution in [2.75, 3.05) is 19.0 Å². The zero-order valence-electron chi connectivity index (χ0n) is 19.3. The van der Waals surface area contributed by atoms with Gasteiger partial charge >= 0.3 is 12.0 Å². The van der Waals surface area contributed by atoms with Gasteiger partial charge in [0, 0.05) is 5.69 Å². The van der Waals surface area contributed by atoms with Crippen LogP contribution in [0.4, 0.5) is 10.5 Å². The second-order valence-corrected chi connectivity index (χ2v) is 10.5. The standard InChI is InChI=1S/C24H28N2O7S/c1-16-6-11-20(14-17(16)2)34(30,31)24(12-4-5-13-24)22(28)33-15-21(27)26-23(29)25-18-7-9-19(32-3)10-8-18/h6-11,14H,4-5,12-13,15H2,1-3H3,(H2,25,26,27,29). The van der Waals surface area contributed by atoms with Gasteiger partial charge in [-0.3, -0.25) is 14.9 Å². The Hall–Kier alpha value is -3.40. The Morgan fingerprint density at radius 3 is 2.21 bits per heavy atom. The number of amides is 3. The van der Waals surface area contributed by atoms with Crippen LogP contribution in [-0.2, 0) is 24.2 Å². The molecule has 3 amide bonds. The average molecular weight is 489 g/mol. The molecule has 1 saturated carbocycles. The molecule has 9 nitrogen and oxygen atoms in total. The summed E-state index contributed by atoms with van der Waals surface area (Å²) in [5.41, 5.74) is 2.16. The number of hydrogen-bond acceptors (Lipinski definition) is 7. The van der Waals surface area contributed by atoms with Crippen LogP contribution in [0.5, 0.6) is 5.75 Å². The Labute approximate surface area is 198 Å². The van der Waals surface area contributed by atoms with E-state index >= 15 is 0 Å². The molecule has 1 fully saturated rings. The fraction of sp³-hybridized carbons (Fsp3) is 0.375. The van der Waals surface area contributed by atoms with E-state index in [2.05, 4.69) is 10.6 Å². The molecule has 1 aliphatic carbocycles. The molecule has 2 aromatic rings. The minimum atomic E-state index is -4.05. The van der Waals surface area contributed by atoms with E-state index in [9.17, 15) is 22.8 Å². The molecule has 34 heavy (non-hydrogen) atoms. The van der Waals surface area contributed by atoms with Crippen LogP contribution in [0, 0.1) is 13.8 Å². The highest BCUT2D eigenvalue weighted by atomic mass is 32.2. The fourth-order valence-electron chi connectivity index (χ4n) is 3.90. The maximum Gasteiger partial charge on any atom is 0.328 e. The summed E-state index contributed by atoms with van der Waals surface area (Å²) >= 11 is 0. The van der Waals surface area contributed by atoms with Gasteiger partial charge in [-0.05, 0) is 74.2 Å². The maximum absolute atomic E-state index is 13.5. The van der Waals surface area contributed by atoms with Gasteiger partial charge in [-0.15, -0.1) is 0 Å². The van der Waals surface area contributed by atoms with Gasteiger partial charge in [-0.2, -0.15) is 0 Å². The number of anilines is 1. The second-order valence-electron chi connectivity index (χ2n) is 8.26. The van der Waals surface area contributed by atoms with Crippen molar-refractivity contribution in [2.45, 2.75) is 49.2 Å². The van der Waals surface area contributed by atoms with Crippen LogP contribution in [0.25, 0.3) is 0 Å². The first-order valence-corrected chi connectivity index (χ1v) is 12.3. The summed E-state index contributed by atoms with van der Waals surface area (Å²) in [4.78, 5) is 37.2. The first kappa shape index (κ1) is 25.2. The van der Waals surface area contributed by atoms with Gasteiger partial charge < -0.3 is 14.8 Å². The molecule has 1 aliphatic rings. The zero-order valence-corrected chi connectivity index (χ0v) is 20.2. The third-order valence-corrected chi connectivity index (χ3v) is 8.50. The molecule has 182 valence electrons. The van der Waals surface area contributed by atoms with E-state index in [4.69, 9.17) is 9.47 Å². The minimum absolute atomic E-state index is 0.0535. The number of esters is 1. The van der Waals surface area contributed by atoms with Crippen LogP contribution < -0.4 is 15.4 Å². The first-order chi connectivity index (χ1) is 16.1. The largest absolute Gasteiger partial charge is 0.497 e. The number of methoxy groups -OCH3 is 1. The SMILES string of the molecule is COc1ccc(NC(=O)NC(=O)COC(=O)C2(S(=O)(=O)c3ccc(C)c(C)c3)CCCC2)cc1. The van der Waals surface area contributed by atoms with E-state index in [0.717, 1.165) is 11.1 Å². The predicted molar refractivity (Wildman–Crippen MR) is 125 cm³/mol. The Kier molecular flexibility index (Phi) is 7.61. The molecular weight excluding hydrogens is 460 g/mol. The van der Waals surface area contributed by atoms with Crippen LogP contribution in [0.2, 0.25) is 0 Å². The molecule has 0 spiro atoms. The summed E-state index contributed by atoms with van der Waals surface area (Å²) in [5, 5.41) is 4.52. The molecule has 2 N–H and O–H groups in total. The Morgan fingerprint density at radius 2 is 1.62 bits per heavy atom. The number of benzene rings is 2. The van der Waals surface area contributed by atoms with Gasteiger partial charge in [-0.1, -0.05) is 18.9 Å². The van der Waals surface area contributed by atoms with E-state index in [-0.39, 0.29) is 17.7 Å². The smallest absolute Gasteiger partial charge is 0.328 e. The van der Waals surface area contributed by atoms with Crippen molar-refractivity contribution in [2.24, 2.45) is 0 Å². The maximum atomic E-state index is 13.5. The lowest BCUT2D eigenvalue weighted by molar-refractivity contribution is -0.150. The topological polar surface area (TPSA) is 128 Å². The number of rotatable bonds is 7. The number of sulfone groups is 1. The number of carbonyl (C=O) groups is 3. The zero-order chi connectivity index (χ0) is 24.9. The van der Waals surface area contributed by atoms with Gasteiger partial charge in [-0.25, -0.2) is 13.2 Å². The van der Waals surface area contributed by atoms with Crippen molar-refractivity contribution in [3.05, 3.63) is 53.6 Å². The van der Waals surface area contributed by atoms with Crippen LogP contribution >= 0.6 is 0 Å². The summed E-state index contributed by atoms with van der Waals surface area (Å²) in [6.45, 7) is 2.89. The molecule has 0 atom stereocenters. The predicted octanol–water partition coefficient (Wildman–Crippen LogP) is 3.29. The van der Waals surface area contributed by atoms with Crippen molar-refractivity contribution in [1.82, 2.24) is 5.32 Å². The Balaban J connectivity index is 1.64. The molecule has 2 aromatic carbocycles. The lowest BCUT2D eigenvalue weighted by atomic mass is 10.1. The van der Waals surface area contributed by atoms with Crippen molar-refractivity contribution in [1.29, 1.82) is 0 Å². The quantitative estimate of drug-likeness (QED) is 0.572. The van der Waals surface area contributed by atoms with Crippen LogP contribution in [0.3, 0.4) is 0 Å². The van der Waals surface area contributed by atoms with Crippen molar-refractivity contribution in [3.63, 3.8) is 0 Å². The van der Waals surface area contributed by atoms with Crippen LogP contribution in [0.1, 0.15) is 36.8 Å². The first-order valence-electron chi connectivity index (χ1n) is 10.8. The number of imide groups is 1. The highest BCUT2D eigenvalue weighted by molar-refractivity contribution is 7.93. The highest BCUT2D eigenvalue weighted by Gasteiger charge is 2.54. The number of ether oxygens (including phenoxy) is 2. The fourth-order valence-corrected chi connectivity index (χ4v) is 6.03.